The fourth-order valence-electron chi connectivity index (χ4n) is 4.62. The Morgan fingerprint density at radius 3 is 1.94 bits per heavy atom. The molecule has 2 unspecified atom stereocenters. The number of aryl methyl sites for hydroxylation is 1. The molecule has 0 amide bonds. The van der Waals surface area contributed by atoms with E-state index in [9.17, 15) is 0 Å². The molecule has 0 bridgehead atoms. The maximum absolute atomic E-state index is 3.35. The molecule has 0 saturated carbocycles. The second-order valence-corrected chi connectivity index (χ2v) is 8.57. The monoisotopic (exact) mass is 410 g/mol. The molecule has 4 aromatic rings. The summed E-state index contributed by atoms with van der Waals surface area (Å²) in [5, 5.41) is 2.62. The van der Waals surface area contributed by atoms with Gasteiger partial charge in [0.1, 0.15) is 0 Å². The van der Waals surface area contributed by atoms with Gasteiger partial charge in [-0.3, -0.25) is 0 Å². The summed E-state index contributed by atoms with van der Waals surface area (Å²) in [5.74, 6) is 0.874. The molecule has 0 heteroatoms. The highest BCUT2D eigenvalue weighted by Gasteiger charge is 2.30. The van der Waals surface area contributed by atoms with Crippen molar-refractivity contribution in [3.63, 3.8) is 0 Å². The summed E-state index contributed by atoms with van der Waals surface area (Å²) in [6.45, 7) is 4.43. The number of hydrogen-bond acceptors (Lipinski definition) is 0. The first-order valence-electron chi connectivity index (χ1n) is 11.2. The second-order valence-electron chi connectivity index (χ2n) is 8.57. The Morgan fingerprint density at radius 2 is 1.28 bits per heavy atom. The van der Waals surface area contributed by atoms with E-state index in [4.69, 9.17) is 0 Å². The van der Waals surface area contributed by atoms with Gasteiger partial charge in [0, 0.05) is 11.5 Å². The van der Waals surface area contributed by atoms with Crippen molar-refractivity contribution in [1.29, 1.82) is 0 Å². The summed E-state index contributed by atoms with van der Waals surface area (Å²) in [6, 6.07) is 34.1. The predicted octanol–water partition coefficient (Wildman–Crippen LogP) is 8.36. The average Bonchev–Trinajstić information content (AvgIpc) is 2.85. The van der Waals surface area contributed by atoms with Crippen LogP contribution in [0.2, 0.25) is 0 Å². The van der Waals surface area contributed by atoms with Gasteiger partial charge in [-0.1, -0.05) is 121 Å². The zero-order chi connectivity index (χ0) is 21.9. The number of allylic oxidation sites excluding steroid dienone is 3. The molecule has 2 aliphatic rings. The van der Waals surface area contributed by atoms with Gasteiger partial charge in [0.15, 0.2) is 0 Å². The molecular formula is C32H26. The summed E-state index contributed by atoms with van der Waals surface area (Å²) in [6.07, 6.45) is 4.50. The van der Waals surface area contributed by atoms with Crippen molar-refractivity contribution in [2.24, 2.45) is 5.92 Å². The Hall–Kier alpha value is -3.82. The molecule has 4 aromatic carbocycles. The zero-order valence-electron chi connectivity index (χ0n) is 18.5. The smallest absolute Gasteiger partial charge is 0.0359 e. The molecule has 6 rings (SSSR count). The van der Waals surface area contributed by atoms with E-state index < -0.39 is 0 Å². The van der Waals surface area contributed by atoms with E-state index in [-0.39, 0.29) is 0 Å². The highest BCUT2D eigenvalue weighted by molar-refractivity contribution is 5.87. The van der Waals surface area contributed by atoms with Gasteiger partial charge in [-0.2, -0.15) is 0 Å². The lowest BCUT2D eigenvalue weighted by molar-refractivity contribution is 0.622. The topological polar surface area (TPSA) is 0 Å². The number of rotatable bonds is 1. The van der Waals surface area contributed by atoms with E-state index in [0.717, 1.165) is 0 Å². The van der Waals surface area contributed by atoms with Crippen molar-refractivity contribution in [3.05, 3.63) is 142 Å². The lowest BCUT2D eigenvalue weighted by Crippen LogP contribution is -2.17. The normalized spacial score (nSPS) is 18.1. The van der Waals surface area contributed by atoms with Crippen molar-refractivity contribution in [2.75, 3.05) is 0 Å². The summed E-state index contributed by atoms with van der Waals surface area (Å²) in [4.78, 5) is 0. The molecule has 2 aliphatic carbocycles. The number of fused-ring (bicyclic) bond motifs is 3. The van der Waals surface area contributed by atoms with Crippen LogP contribution in [0, 0.1) is 12.8 Å². The Labute approximate surface area is 190 Å². The van der Waals surface area contributed by atoms with Gasteiger partial charge >= 0.3 is 0 Å². The van der Waals surface area contributed by atoms with E-state index in [0.29, 0.717) is 11.8 Å². The Kier molecular flexibility index (Phi) is 5.49. The average molecular weight is 411 g/mol. The van der Waals surface area contributed by atoms with Gasteiger partial charge in [-0.25, -0.2) is 0 Å². The van der Waals surface area contributed by atoms with Crippen LogP contribution in [0.1, 0.15) is 35.1 Å². The van der Waals surface area contributed by atoms with Gasteiger partial charge in [0.05, 0.1) is 0 Å². The molecule has 32 heavy (non-hydrogen) atoms. The van der Waals surface area contributed by atoms with Crippen LogP contribution in [0.25, 0.3) is 22.4 Å². The Bertz CT molecular complexity index is 1340. The molecule has 0 nitrogen and oxygen atoms in total. The van der Waals surface area contributed by atoms with Crippen LogP contribution < -0.4 is 0 Å². The highest BCUT2D eigenvalue weighted by Crippen LogP contribution is 2.44. The maximum Gasteiger partial charge on any atom is 0.0359 e. The summed E-state index contributed by atoms with van der Waals surface area (Å²) in [5.41, 5.74) is 14.4. The molecule has 0 spiro atoms. The lowest BCUT2D eigenvalue weighted by Gasteiger charge is -2.31. The van der Waals surface area contributed by atoms with Gasteiger partial charge in [0.25, 0.3) is 0 Å². The van der Waals surface area contributed by atoms with Crippen LogP contribution in [-0.4, -0.2) is 0 Å². The molecule has 2 atom stereocenters. The van der Waals surface area contributed by atoms with Crippen LogP contribution >= 0.6 is 0 Å². The number of benzene rings is 4. The van der Waals surface area contributed by atoms with Crippen molar-refractivity contribution < 1.29 is 0 Å². The molecule has 0 radical (unpaired) electrons. The third-order valence-electron chi connectivity index (χ3n) is 6.44. The minimum Gasteiger partial charge on any atom is -0.0733 e. The molecular weight excluding hydrogens is 384 g/mol. The van der Waals surface area contributed by atoms with Crippen molar-refractivity contribution in [1.82, 2.24) is 0 Å². The molecule has 0 N–H and O–H groups in total. The van der Waals surface area contributed by atoms with Gasteiger partial charge in [-0.05, 0) is 58.0 Å². The second kappa shape index (κ2) is 8.74. The Morgan fingerprint density at radius 1 is 0.688 bits per heavy atom. The van der Waals surface area contributed by atoms with E-state index in [2.05, 4.69) is 135 Å². The summed E-state index contributed by atoms with van der Waals surface area (Å²) >= 11 is 0. The van der Waals surface area contributed by atoms with Crippen molar-refractivity contribution >= 4 is 22.4 Å². The van der Waals surface area contributed by atoms with Crippen LogP contribution in [0.3, 0.4) is 0 Å². The van der Waals surface area contributed by atoms with Gasteiger partial charge < -0.3 is 0 Å². The third-order valence-corrected chi connectivity index (χ3v) is 6.44. The fourth-order valence-corrected chi connectivity index (χ4v) is 4.62. The quantitative estimate of drug-likeness (QED) is 0.277. The van der Waals surface area contributed by atoms with Crippen LogP contribution in [0.15, 0.2) is 120 Å². The zero-order valence-corrected chi connectivity index (χ0v) is 18.5. The largest absolute Gasteiger partial charge is 0.0733 e. The van der Waals surface area contributed by atoms with E-state index in [1.807, 2.05) is 0 Å². The first-order valence-corrected chi connectivity index (χ1v) is 11.2. The van der Waals surface area contributed by atoms with Crippen LogP contribution in [0.4, 0.5) is 0 Å². The third kappa shape index (κ3) is 3.91. The van der Waals surface area contributed by atoms with Gasteiger partial charge in [0.2, 0.25) is 0 Å². The first-order chi connectivity index (χ1) is 15.7. The number of hydrogen-bond donors (Lipinski definition) is 0. The predicted molar refractivity (Wildman–Crippen MR) is 136 cm³/mol. The molecule has 0 aliphatic heterocycles. The lowest BCUT2D eigenvalue weighted by atomic mass is 9.71. The molecule has 0 heterocycles. The summed E-state index contributed by atoms with van der Waals surface area (Å²) in [7, 11) is 0. The maximum atomic E-state index is 3.35. The minimum atomic E-state index is 0.396. The highest BCUT2D eigenvalue weighted by atomic mass is 14.3. The van der Waals surface area contributed by atoms with Crippen LogP contribution in [-0.2, 0) is 0 Å². The van der Waals surface area contributed by atoms with E-state index in [1.54, 1.807) is 0 Å². The molecule has 154 valence electrons. The summed E-state index contributed by atoms with van der Waals surface area (Å²) < 4.78 is 0. The standard InChI is InChI=1S/C22H18.C10H8/c1-15-10-12-17(13-11-15)21-9-5-8-20-16(2)19-7-4-3-6-18(19)14-22(20)21;1-2-6-10-8-4-3-7-9(10)5-1/h3-4,6-8,10-14,16,20H,1-2H3;1-8H. The first kappa shape index (κ1) is 20.1. The van der Waals surface area contributed by atoms with Crippen molar-refractivity contribution in [3.8, 4) is 0 Å². The van der Waals surface area contributed by atoms with Gasteiger partial charge in [-0.15, -0.1) is 0 Å². The fraction of sp³-hybridized carbons (Fsp3) is 0.125. The van der Waals surface area contributed by atoms with E-state index >= 15 is 0 Å². The van der Waals surface area contributed by atoms with E-state index in [1.165, 1.54) is 44.2 Å². The SMILES string of the molecule is Cc1ccc(C2=C=C=CC3C2=Cc2ccccc2C3C)cc1.c1ccc2ccccc2c1. The minimum absolute atomic E-state index is 0.396. The van der Waals surface area contributed by atoms with Crippen molar-refractivity contribution in [2.45, 2.75) is 19.8 Å². The molecule has 0 fully saturated rings. The molecule has 0 saturated heterocycles. The van der Waals surface area contributed by atoms with Crippen LogP contribution in [0.5, 0.6) is 0 Å². The molecule has 0 aromatic heterocycles. The Balaban J connectivity index is 0.000000180.